The van der Waals surface area contributed by atoms with E-state index in [4.69, 9.17) is 4.74 Å². The van der Waals surface area contributed by atoms with E-state index in [2.05, 4.69) is 28.2 Å². The largest absolute Gasteiger partial charge is 0.481 e. The molecule has 1 saturated heterocycles. The van der Waals surface area contributed by atoms with E-state index in [1.165, 1.54) is 5.56 Å². The van der Waals surface area contributed by atoms with Gasteiger partial charge >= 0.3 is 0 Å². The van der Waals surface area contributed by atoms with Crippen LogP contribution in [0.2, 0.25) is 0 Å². The number of pyridine rings is 1. The molecule has 0 unspecified atom stereocenters. The predicted molar refractivity (Wildman–Crippen MR) is 68.3 cm³/mol. The van der Waals surface area contributed by atoms with Crippen molar-refractivity contribution < 1.29 is 4.74 Å². The lowest BCUT2D eigenvalue weighted by Crippen LogP contribution is -2.45. The van der Waals surface area contributed by atoms with Gasteiger partial charge in [-0.05, 0) is 12.0 Å². The highest BCUT2D eigenvalue weighted by atomic mass is 16.5. The van der Waals surface area contributed by atoms with E-state index in [0.717, 1.165) is 32.6 Å². The van der Waals surface area contributed by atoms with Gasteiger partial charge < -0.3 is 10.1 Å². The molecule has 4 nitrogen and oxygen atoms in total. The summed E-state index contributed by atoms with van der Waals surface area (Å²) in [6.07, 6.45) is 3.06. The summed E-state index contributed by atoms with van der Waals surface area (Å²) in [5.74, 6) is 0.684. The lowest BCUT2D eigenvalue weighted by atomic mass is 10.0. The third-order valence-corrected chi connectivity index (χ3v) is 3.33. The number of rotatable bonds is 4. The molecule has 1 atom stereocenters. The fourth-order valence-corrected chi connectivity index (χ4v) is 2.41. The number of nitrogens with one attached hydrogen (secondary N) is 1. The molecule has 94 valence electrons. The molecule has 1 aliphatic heterocycles. The van der Waals surface area contributed by atoms with Crippen molar-refractivity contribution in [2.45, 2.75) is 19.4 Å². The third kappa shape index (κ3) is 2.96. The van der Waals surface area contributed by atoms with Crippen molar-refractivity contribution in [1.29, 1.82) is 0 Å². The first kappa shape index (κ1) is 12.3. The molecule has 1 aromatic heterocycles. The van der Waals surface area contributed by atoms with Crippen LogP contribution in [0.5, 0.6) is 5.88 Å². The van der Waals surface area contributed by atoms with Crippen molar-refractivity contribution >= 4 is 0 Å². The molecule has 0 spiro atoms. The van der Waals surface area contributed by atoms with Crippen LogP contribution < -0.4 is 10.1 Å². The van der Waals surface area contributed by atoms with Gasteiger partial charge in [0.05, 0.1) is 7.11 Å². The zero-order valence-corrected chi connectivity index (χ0v) is 10.6. The number of methoxy groups -OCH3 is 1. The monoisotopic (exact) mass is 235 g/mol. The Labute approximate surface area is 103 Å². The van der Waals surface area contributed by atoms with Crippen LogP contribution in [-0.4, -0.2) is 43.2 Å². The molecule has 1 N–H and O–H groups in total. The van der Waals surface area contributed by atoms with Crippen molar-refractivity contribution in [3.63, 3.8) is 0 Å². The second-order valence-corrected chi connectivity index (χ2v) is 4.34. The average molecular weight is 235 g/mol. The molecule has 4 heteroatoms. The van der Waals surface area contributed by atoms with E-state index >= 15 is 0 Å². The lowest BCUT2D eigenvalue weighted by Gasteiger charge is -2.34. The van der Waals surface area contributed by atoms with Gasteiger partial charge in [-0.2, -0.15) is 0 Å². The van der Waals surface area contributed by atoms with E-state index in [0.29, 0.717) is 11.9 Å². The Balaban J connectivity index is 2.10. The van der Waals surface area contributed by atoms with Gasteiger partial charge in [-0.15, -0.1) is 0 Å². The summed E-state index contributed by atoms with van der Waals surface area (Å²) in [6.45, 7) is 6.63. The molecule has 1 aromatic rings. The van der Waals surface area contributed by atoms with Gasteiger partial charge in [0.25, 0.3) is 0 Å². The van der Waals surface area contributed by atoms with Crippen LogP contribution in [0.15, 0.2) is 18.3 Å². The summed E-state index contributed by atoms with van der Waals surface area (Å²) in [5, 5.41) is 3.39. The summed E-state index contributed by atoms with van der Waals surface area (Å²) in [4.78, 5) is 6.82. The minimum atomic E-state index is 0.482. The number of ether oxygens (including phenoxy) is 1. The maximum Gasteiger partial charge on any atom is 0.212 e. The number of hydrogen-bond acceptors (Lipinski definition) is 4. The standard InChI is InChI=1S/C13H21N3O/c1-3-12(16-8-6-14-7-9-16)11-4-5-13(17-2)15-10-11/h4-5,10,12,14H,3,6-9H2,1-2H3/t12-/m1/s1. The number of hydrogen-bond donors (Lipinski definition) is 1. The predicted octanol–water partition coefficient (Wildman–Crippen LogP) is 1.45. The zero-order valence-electron chi connectivity index (χ0n) is 10.6. The van der Waals surface area contributed by atoms with Crippen LogP contribution >= 0.6 is 0 Å². The first-order valence-electron chi connectivity index (χ1n) is 6.30. The SMILES string of the molecule is CC[C@H](c1ccc(OC)nc1)N1CCNCC1. The summed E-state index contributed by atoms with van der Waals surface area (Å²) < 4.78 is 5.09. The maximum absolute atomic E-state index is 5.09. The fourth-order valence-electron chi connectivity index (χ4n) is 2.41. The number of nitrogens with zero attached hydrogens (tertiary/aromatic N) is 2. The molecule has 0 aromatic carbocycles. The van der Waals surface area contributed by atoms with E-state index in [-0.39, 0.29) is 0 Å². The lowest BCUT2D eigenvalue weighted by molar-refractivity contribution is 0.169. The van der Waals surface area contributed by atoms with E-state index in [1.54, 1.807) is 7.11 Å². The normalized spacial score (nSPS) is 18.9. The molecule has 17 heavy (non-hydrogen) atoms. The summed E-state index contributed by atoms with van der Waals surface area (Å²) in [6, 6.07) is 4.55. The Kier molecular flexibility index (Phi) is 4.34. The molecule has 0 saturated carbocycles. The number of aromatic nitrogens is 1. The molecule has 0 bridgehead atoms. The Hall–Kier alpha value is -1.13. The van der Waals surface area contributed by atoms with Crippen LogP contribution in [0.1, 0.15) is 24.9 Å². The van der Waals surface area contributed by atoms with Crippen molar-refractivity contribution in [3.8, 4) is 5.88 Å². The van der Waals surface area contributed by atoms with Crippen molar-refractivity contribution in [1.82, 2.24) is 15.2 Å². The topological polar surface area (TPSA) is 37.4 Å². The van der Waals surface area contributed by atoms with E-state index in [1.807, 2.05) is 12.3 Å². The summed E-state index contributed by atoms with van der Waals surface area (Å²) in [5.41, 5.74) is 1.29. The highest BCUT2D eigenvalue weighted by molar-refractivity contribution is 5.21. The molecular formula is C13H21N3O. The van der Waals surface area contributed by atoms with Crippen LogP contribution in [-0.2, 0) is 0 Å². The fraction of sp³-hybridized carbons (Fsp3) is 0.615. The highest BCUT2D eigenvalue weighted by Crippen LogP contribution is 2.24. The second-order valence-electron chi connectivity index (χ2n) is 4.34. The van der Waals surface area contributed by atoms with E-state index < -0.39 is 0 Å². The highest BCUT2D eigenvalue weighted by Gasteiger charge is 2.20. The number of piperazine rings is 1. The zero-order chi connectivity index (χ0) is 12.1. The third-order valence-electron chi connectivity index (χ3n) is 3.33. The molecular weight excluding hydrogens is 214 g/mol. The van der Waals surface area contributed by atoms with Crippen LogP contribution in [0.25, 0.3) is 0 Å². The first-order valence-corrected chi connectivity index (χ1v) is 6.30. The Morgan fingerprint density at radius 3 is 2.71 bits per heavy atom. The van der Waals surface area contributed by atoms with Crippen LogP contribution in [0.4, 0.5) is 0 Å². The Morgan fingerprint density at radius 2 is 2.18 bits per heavy atom. The van der Waals surface area contributed by atoms with Crippen molar-refractivity contribution in [3.05, 3.63) is 23.9 Å². The van der Waals surface area contributed by atoms with Crippen molar-refractivity contribution in [2.75, 3.05) is 33.3 Å². The maximum atomic E-state index is 5.09. The van der Waals surface area contributed by atoms with Gasteiger partial charge in [-0.3, -0.25) is 4.90 Å². The molecule has 1 fully saturated rings. The second kappa shape index (κ2) is 5.98. The van der Waals surface area contributed by atoms with Gasteiger partial charge in [-0.1, -0.05) is 13.0 Å². The average Bonchev–Trinajstić information content (AvgIpc) is 2.42. The summed E-state index contributed by atoms with van der Waals surface area (Å²) in [7, 11) is 1.65. The van der Waals surface area contributed by atoms with Gasteiger partial charge in [0.1, 0.15) is 0 Å². The van der Waals surface area contributed by atoms with Gasteiger partial charge in [-0.25, -0.2) is 4.98 Å². The van der Waals surface area contributed by atoms with Crippen LogP contribution in [0, 0.1) is 0 Å². The first-order chi connectivity index (χ1) is 8.35. The quantitative estimate of drug-likeness (QED) is 0.857. The Bertz CT molecular complexity index is 333. The van der Waals surface area contributed by atoms with Gasteiger partial charge in [0.2, 0.25) is 5.88 Å². The molecule has 0 amide bonds. The van der Waals surface area contributed by atoms with E-state index in [9.17, 15) is 0 Å². The summed E-state index contributed by atoms with van der Waals surface area (Å²) >= 11 is 0. The minimum absolute atomic E-state index is 0.482. The molecule has 2 heterocycles. The Morgan fingerprint density at radius 1 is 1.41 bits per heavy atom. The minimum Gasteiger partial charge on any atom is -0.481 e. The molecule has 1 aliphatic rings. The van der Waals surface area contributed by atoms with Gasteiger partial charge in [0.15, 0.2) is 0 Å². The smallest absolute Gasteiger partial charge is 0.212 e. The van der Waals surface area contributed by atoms with Gasteiger partial charge in [0, 0.05) is 44.5 Å². The molecule has 0 aliphatic carbocycles. The van der Waals surface area contributed by atoms with Crippen molar-refractivity contribution in [2.24, 2.45) is 0 Å². The molecule has 2 rings (SSSR count). The van der Waals surface area contributed by atoms with Crippen LogP contribution in [0.3, 0.4) is 0 Å². The molecule has 0 radical (unpaired) electrons.